The third kappa shape index (κ3) is 2.31. The molecule has 0 atom stereocenters. The first-order valence-electron chi connectivity index (χ1n) is 5.99. The van der Waals surface area contributed by atoms with E-state index in [1.165, 1.54) is 0 Å². The second kappa shape index (κ2) is 4.83. The largest absolute Gasteiger partial charge is 0.444 e. The molecule has 0 aliphatic heterocycles. The smallest absolute Gasteiger partial charge is 0.214 e. The fraction of sp³-hybridized carbons (Fsp3) is 0.231. The molecule has 98 valence electrons. The van der Waals surface area contributed by atoms with Crippen LogP contribution in [0.4, 0.5) is 0 Å². The van der Waals surface area contributed by atoms with Crippen LogP contribution in [-0.4, -0.2) is 14.5 Å². The second-order valence-electron chi connectivity index (χ2n) is 4.25. The molecule has 1 N–H and O–H groups in total. The van der Waals surface area contributed by atoms with Gasteiger partial charge >= 0.3 is 0 Å². The number of nitrogens with one attached hydrogen (secondary N) is 1. The molecule has 0 spiro atoms. The second-order valence-corrected chi connectivity index (χ2v) is 5.07. The Kier molecular flexibility index (Phi) is 3.16. The highest BCUT2D eigenvalue weighted by molar-refractivity contribution is 7.71. The maximum atomic E-state index is 6.03. The molecule has 2 heterocycles. The predicted octanol–water partition coefficient (Wildman–Crippen LogP) is 3.95. The van der Waals surface area contributed by atoms with Crippen molar-refractivity contribution in [3.63, 3.8) is 0 Å². The van der Waals surface area contributed by atoms with Gasteiger partial charge in [-0.1, -0.05) is 18.5 Å². The SMILES string of the molecule is CCc1cnc(Cn2c(=S)[nH]c3ccc(Cl)cc32)o1. The Morgan fingerprint density at radius 2 is 2.32 bits per heavy atom. The molecular weight excluding hydrogens is 282 g/mol. The highest BCUT2D eigenvalue weighted by atomic mass is 35.5. The molecule has 3 aromatic rings. The molecule has 0 amide bonds. The highest BCUT2D eigenvalue weighted by Crippen LogP contribution is 2.20. The fourth-order valence-corrected chi connectivity index (χ4v) is 2.44. The Labute approximate surface area is 120 Å². The zero-order chi connectivity index (χ0) is 13.4. The zero-order valence-corrected chi connectivity index (χ0v) is 11.9. The summed E-state index contributed by atoms with van der Waals surface area (Å²) in [5.74, 6) is 1.52. The number of H-pyrrole nitrogens is 1. The van der Waals surface area contributed by atoms with E-state index in [-0.39, 0.29) is 0 Å². The van der Waals surface area contributed by atoms with E-state index in [2.05, 4.69) is 9.97 Å². The van der Waals surface area contributed by atoms with Gasteiger partial charge in [-0.3, -0.25) is 0 Å². The lowest BCUT2D eigenvalue weighted by molar-refractivity contribution is 0.447. The summed E-state index contributed by atoms with van der Waals surface area (Å²) in [7, 11) is 0. The number of hydrogen-bond donors (Lipinski definition) is 1. The molecule has 3 rings (SSSR count). The van der Waals surface area contributed by atoms with Crippen LogP contribution >= 0.6 is 23.8 Å². The fourth-order valence-electron chi connectivity index (χ4n) is 2.00. The van der Waals surface area contributed by atoms with Crippen molar-refractivity contribution >= 4 is 34.9 Å². The number of hydrogen-bond acceptors (Lipinski definition) is 3. The first-order valence-corrected chi connectivity index (χ1v) is 6.77. The van der Waals surface area contributed by atoms with E-state index in [1.807, 2.05) is 29.7 Å². The van der Waals surface area contributed by atoms with Crippen molar-refractivity contribution in [3.05, 3.63) is 45.8 Å². The molecule has 1 aromatic carbocycles. The molecule has 0 aliphatic carbocycles. The molecule has 0 aliphatic rings. The van der Waals surface area contributed by atoms with Crippen molar-refractivity contribution in [2.24, 2.45) is 0 Å². The van der Waals surface area contributed by atoms with Crippen LogP contribution in [0.5, 0.6) is 0 Å². The average Bonchev–Trinajstić information content (AvgIpc) is 2.96. The van der Waals surface area contributed by atoms with Crippen LogP contribution in [0.1, 0.15) is 18.6 Å². The van der Waals surface area contributed by atoms with Crippen molar-refractivity contribution in [2.45, 2.75) is 19.9 Å². The number of oxazole rings is 1. The molecule has 2 aromatic heterocycles. The predicted molar refractivity (Wildman–Crippen MR) is 77.1 cm³/mol. The van der Waals surface area contributed by atoms with Crippen molar-refractivity contribution in [1.82, 2.24) is 14.5 Å². The summed E-state index contributed by atoms with van der Waals surface area (Å²) >= 11 is 11.4. The summed E-state index contributed by atoms with van der Waals surface area (Å²) in [4.78, 5) is 7.40. The molecule has 0 saturated carbocycles. The van der Waals surface area contributed by atoms with E-state index < -0.39 is 0 Å². The van der Waals surface area contributed by atoms with Crippen LogP contribution in [0.15, 0.2) is 28.8 Å². The van der Waals surface area contributed by atoms with Gasteiger partial charge in [0.05, 0.1) is 17.2 Å². The van der Waals surface area contributed by atoms with Gasteiger partial charge in [-0.15, -0.1) is 0 Å². The van der Waals surface area contributed by atoms with Crippen molar-refractivity contribution in [3.8, 4) is 0 Å². The molecule has 19 heavy (non-hydrogen) atoms. The third-order valence-corrected chi connectivity index (χ3v) is 3.54. The van der Waals surface area contributed by atoms with Gasteiger partial charge in [-0.05, 0) is 30.4 Å². The highest BCUT2D eigenvalue weighted by Gasteiger charge is 2.09. The van der Waals surface area contributed by atoms with Gasteiger partial charge < -0.3 is 14.0 Å². The number of aromatic nitrogens is 3. The lowest BCUT2D eigenvalue weighted by Gasteiger charge is -2.01. The lowest BCUT2D eigenvalue weighted by atomic mass is 10.3. The van der Waals surface area contributed by atoms with Crippen LogP contribution in [-0.2, 0) is 13.0 Å². The number of aryl methyl sites for hydroxylation is 1. The van der Waals surface area contributed by atoms with Crippen LogP contribution in [0.25, 0.3) is 11.0 Å². The standard InChI is InChI=1S/C13H12ClN3OS/c1-2-9-6-15-12(18-9)7-17-11-5-8(14)3-4-10(11)16-13(17)19/h3-6H,2,7H2,1H3,(H,16,19). The minimum atomic E-state index is 0.499. The zero-order valence-electron chi connectivity index (χ0n) is 10.3. The molecule has 0 unspecified atom stereocenters. The molecule has 0 bridgehead atoms. The number of nitrogens with zero attached hydrogens (tertiary/aromatic N) is 2. The minimum Gasteiger partial charge on any atom is -0.444 e. The number of benzene rings is 1. The molecule has 0 radical (unpaired) electrons. The lowest BCUT2D eigenvalue weighted by Crippen LogP contribution is -1.99. The van der Waals surface area contributed by atoms with Crippen LogP contribution in [0.3, 0.4) is 0 Å². The van der Waals surface area contributed by atoms with E-state index in [0.717, 1.165) is 23.2 Å². The maximum Gasteiger partial charge on any atom is 0.214 e. The van der Waals surface area contributed by atoms with Crippen molar-refractivity contribution in [1.29, 1.82) is 0 Å². The Bertz CT molecular complexity index is 787. The number of rotatable bonds is 3. The molecule has 4 nitrogen and oxygen atoms in total. The van der Waals surface area contributed by atoms with Crippen LogP contribution in [0.2, 0.25) is 5.02 Å². The Hall–Kier alpha value is -1.59. The van der Waals surface area contributed by atoms with Crippen LogP contribution < -0.4 is 0 Å². The number of aromatic amines is 1. The van der Waals surface area contributed by atoms with Gasteiger partial charge in [-0.25, -0.2) is 4.98 Å². The summed E-state index contributed by atoms with van der Waals surface area (Å²) in [6, 6.07) is 5.63. The van der Waals surface area contributed by atoms with Gasteiger partial charge in [0.25, 0.3) is 0 Å². The Morgan fingerprint density at radius 1 is 1.47 bits per heavy atom. The first kappa shape index (κ1) is 12.4. The number of fused-ring (bicyclic) bond motifs is 1. The molecule has 0 fully saturated rings. The summed E-state index contributed by atoms with van der Waals surface area (Å²) in [6.07, 6.45) is 2.58. The van der Waals surface area contributed by atoms with Crippen molar-refractivity contribution < 1.29 is 4.42 Å². The molecule has 0 saturated heterocycles. The summed E-state index contributed by atoms with van der Waals surface area (Å²) in [6.45, 7) is 2.53. The molecular formula is C13H12ClN3OS. The Morgan fingerprint density at radius 3 is 3.05 bits per heavy atom. The van der Waals surface area contributed by atoms with E-state index in [0.29, 0.717) is 22.2 Å². The summed E-state index contributed by atoms with van der Waals surface area (Å²) < 4.78 is 8.18. The average molecular weight is 294 g/mol. The molecule has 6 heteroatoms. The van der Waals surface area contributed by atoms with E-state index in [1.54, 1.807) is 6.20 Å². The topological polar surface area (TPSA) is 46.8 Å². The van der Waals surface area contributed by atoms with Gasteiger partial charge in [0, 0.05) is 11.4 Å². The van der Waals surface area contributed by atoms with Crippen molar-refractivity contribution in [2.75, 3.05) is 0 Å². The Balaban J connectivity index is 2.06. The van der Waals surface area contributed by atoms with Crippen LogP contribution in [0, 0.1) is 4.77 Å². The first-order chi connectivity index (χ1) is 9.17. The van der Waals surface area contributed by atoms with Gasteiger partial charge in [0.2, 0.25) is 5.89 Å². The normalized spacial score (nSPS) is 11.3. The number of halogens is 1. The third-order valence-electron chi connectivity index (χ3n) is 2.98. The number of imidazole rings is 1. The summed E-state index contributed by atoms with van der Waals surface area (Å²) in [5, 5.41) is 0.678. The van der Waals surface area contributed by atoms with Gasteiger partial charge in [0.15, 0.2) is 4.77 Å². The minimum absolute atomic E-state index is 0.499. The van der Waals surface area contributed by atoms with E-state index in [4.69, 9.17) is 28.2 Å². The van der Waals surface area contributed by atoms with E-state index >= 15 is 0 Å². The van der Waals surface area contributed by atoms with Gasteiger partial charge in [0.1, 0.15) is 12.3 Å². The van der Waals surface area contributed by atoms with Gasteiger partial charge in [-0.2, -0.15) is 0 Å². The monoisotopic (exact) mass is 293 g/mol. The quantitative estimate of drug-likeness (QED) is 0.744. The maximum absolute atomic E-state index is 6.03. The van der Waals surface area contributed by atoms with E-state index in [9.17, 15) is 0 Å². The summed E-state index contributed by atoms with van der Waals surface area (Å²) in [5.41, 5.74) is 1.91.